The summed E-state index contributed by atoms with van der Waals surface area (Å²) in [7, 11) is 0. The van der Waals surface area contributed by atoms with Crippen LogP contribution in [0.3, 0.4) is 0 Å². The van der Waals surface area contributed by atoms with Crippen molar-refractivity contribution in [2.75, 3.05) is 4.90 Å². The molecule has 6 nitrogen and oxygen atoms in total. The molecule has 0 aliphatic rings. The van der Waals surface area contributed by atoms with E-state index in [1.54, 1.807) is 21.6 Å². The van der Waals surface area contributed by atoms with E-state index in [9.17, 15) is 4.79 Å². The van der Waals surface area contributed by atoms with Gasteiger partial charge in [0, 0.05) is 24.3 Å². The Labute approximate surface area is 179 Å². The number of carbonyl (C=O) groups excluding carboxylic acids is 1. The summed E-state index contributed by atoms with van der Waals surface area (Å²) in [5.74, 6) is 0.481. The second-order valence-electron chi connectivity index (χ2n) is 5.78. The van der Waals surface area contributed by atoms with Crippen LogP contribution in [-0.4, -0.2) is 25.5 Å². The minimum atomic E-state index is -0.0903. The van der Waals surface area contributed by atoms with E-state index < -0.39 is 0 Å². The maximum atomic E-state index is 12.1. The summed E-state index contributed by atoms with van der Waals surface area (Å²) in [6, 6.07) is 11.1. The summed E-state index contributed by atoms with van der Waals surface area (Å²) in [5, 5.41) is 12.5. The molecule has 0 aliphatic carbocycles. The zero-order chi connectivity index (χ0) is 19.7. The Kier molecular flexibility index (Phi) is 5.54. The summed E-state index contributed by atoms with van der Waals surface area (Å²) in [6.07, 6.45) is 1.73. The van der Waals surface area contributed by atoms with Gasteiger partial charge in [-0.15, -0.1) is 21.5 Å². The van der Waals surface area contributed by atoms with Gasteiger partial charge in [0.25, 0.3) is 0 Å². The normalized spacial score (nSPS) is 11.1. The number of amides is 1. The van der Waals surface area contributed by atoms with Crippen molar-refractivity contribution in [3.8, 4) is 0 Å². The highest BCUT2D eigenvalue weighted by Crippen LogP contribution is 2.31. The van der Waals surface area contributed by atoms with E-state index in [1.165, 1.54) is 30.0 Å². The third kappa shape index (κ3) is 3.86. The van der Waals surface area contributed by atoms with Gasteiger partial charge >= 0.3 is 0 Å². The predicted molar refractivity (Wildman–Crippen MR) is 114 cm³/mol. The van der Waals surface area contributed by atoms with Crippen molar-refractivity contribution in [3.63, 3.8) is 0 Å². The summed E-state index contributed by atoms with van der Waals surface area (Å²) in [4.78, 5) is 18.4. The van der Waals surface area contributed by atoms with Gasteiger partial charge in [-0.25, -0.2) is 4.98 Å². The quantitative estimate of drug-likeness (QED) is 0.378. The number of anilines is 2. The first-order chi connectivity index (χ1) is 13.5. The number of thiazole rings is 1. The maximum absolute atomic E-state index is 12.1. The third-order valence-corrected chi connectivity index (χ3v) is 6.14. The van der Waals surface area contributed by atoms with Crippen molar-refractivity contribution < 1.29 is 4.79 Å². The molecule has 3 aromatic heterocycles. The smallest absolute Gasteiger partial charge is 0.230 e. The molecule has 10 heteroatoms. The van der Waals surface area contributed by atoms with Crippen LogP contribution in [0.5, 0.6) is 0 Å². The number of halogens is 2. The highest BCUT2D eigenvalue weighted by atomic mass is 35.5. The summed E-state index contributed by atoms with van der Waals surface area (Å²) >= 11 is 15.1. The number of rotatable bonds is 5. The van der Waals surface area contributed by atoms with E-state index in [4.69, 9.17) is 23.2 Å². The van der Waals surface area contributed by atoms with Crippen LogP contribution in [0.1, 0.15) is 12.6 Å². The first-order valence-electron chi connectivity index (χ1n) is 8.15. The van der Waals surface area contributed by atoms with Gasteiger partial charge in [-0.1, -0.05) is 53.2 Å². The van der Waals surface area contributed by atoms with Crippen molar-refractivity contribution in [1.29, 1.82) is 0 Å². The molecule has 0 N–H and O–H groups in total. The number of aromatic nitrogens is 4. The lowest BCUT2D eigenvalue weighted by Crippen LogP contribution is -2.22. The Hall–Kier alpha value is -2.13. The summed E-state index contributed by atoms with van der Waals surface area (Å²) in [6.45, 7) is 1.53. The average molecular weight is 450 g/mol. The lowest BCUT2D eigenvalue weighted by atomic mass is 10.3. The number of nitrogens with zero attached hydrogens (tertiary/aromatic N) is 5. The number of hydrogen-bond donors (Lipinski definition) is 0. The van der Waals surface area contributed by atoms with Gasteiger partial charge in [-0.05, 0) is 18.2 Å². The maximum Gasteiger partial charge on any atom is 0.230 e. The number of pyridine rings is 1. The molecule has 1 amide bonds. The predicted octanol–water partition coefficient (Wildman–Crippen LogP) is 5.47. The number of carbonyl (C=O) groups is 1. The molecule has 0 spiro atoms. The molecule has 0 unspecified atom stereocenters. The molecule has 4 rings (SSSR count). The van der Waals surface area contributed by atoms with Gasteiger partial charge in [0.2, 0.25) is 5.91 Å². The molecule has 0 aliphatic heterocycles. The molecule has 0 saturated carbocycles. The Bertz CT molecular complexity index is 1150. The van der Waals surface area contributed by atoms with Gasteiger partial charge in [0.1, 0.15) is 0 Å². The molecular formula is C18H13Cl2N5OS2. The molecule has 3 heterocycles. The molecule has 0 bridgehead atoms. The highest BCUT2D eigenvalue weighted by Gasteiger charge is 2.18. The minimum absolute atomic E-state index is 0.0903. The van der Waals surface area contributed by atoms with Gasteiger partial charge in [0.15, 0.2) is 15.9 Å². The van der Waals surface area contributed by atoms with Gasteiger partial charge in [-0.3, -0.25) is 14.1 Å². The van der Waals surface area contributed by atoms with E-state index >= 15 is 0 Å². The fourth-order valence-electron chi connectivity index (χ4n) is 2.61. The number of thioether (sulfide) groups is 1. The molecule has 1 aromatic carbocycles. The SMILES string of the molecule is CC(=O)N(c1ccccc1)c1nc(CSc2nnc3c(Cl)cc(Cl)cn23)cs1. The van der Waals surface area contributed by atoms with E-state index in [2.05, 4.69) is 15.2 Å². The first-order valence-corrected chi connectivity index (χ1v) is 10.8. The van der Waals surface area contributed by atoms with Gasteiger partial charge in [-0.2, -0.15) is 0 Å². The van der Waals surface area contributed by atoms with Crippen LogP contribution < -0.4 is 4.90 Å². The molecule has 142 valence electrons. The van der Waals surface area contributed by atoms with E-state index in [0.717, 1.165) is 11.4 Å². The van der Waals surface area contributed by atoms with Gasteiger partial charge < -0.3 is 0 Å². The second-order valence-corrected chi connectivity index (χ2v) is 8.41. The lowest BCUT2D eigenvalue weighted by molar-refractivity contribution is -0.115. The highest BCUT2D eigenvalue weighted by molar-refractivity contribution is 7.98. The fraction of sp³-hybridized carbons (Fsp3) is 0.111. The van der Waals surface area contributed by atoms with Crippen LogP contribution in [0.15, 0.2) is 53.1 Å². The van der Waals surface area contributed by atoms with Crippen molar-refractivity contribution in [3.05, 3.63) is 63.7 Å². The lowest BCUT2D eigenvalue weighted by Gasteiger charge is -2.17. The van der Waals surface area contributed by atoms with E-state index in [-0.39, 0.29) is 5.91 Å². The van der Waals surface area contributed by atoms with Crippen molar-refractivity contribution in [1.82, 2.24) is 19.6 Å². The second kappa shape index (κ2) is 8.08. The largest absolute Gasteiger partial charge is 0.275 e. The Balaban J connectivity index is 1.55. The summed E-state index contributed by atoms with van der Waals surface area (Å²) < 4.78 is 1.76. The van der Waals surface area contributed by atoms with Crippen molar-refractivity contribution >= 4 is 68.7 Å². The zero-order valence-corrected chi connectivity index (χ0v) is 17.7. The Morgan fingerprint density at radius 1 is 1.25 bits per heavy atom. The van der Waals surface area contributed by atoms with Gasteiger partial charge in [0.05, 0.1) is 21.4 Å². The third-order valence-electron chi connectivity index (χ3n) is 3.80. The summed E-state index contributed by atoms with van der Waals surface area (Å²) in [5.41, 5.74) is 2.19. The number of benzene rings is 1. The number of fused-ring (bicyclic) bond motifs is 1. The molecule has 0 atom stereocenters. The Morgan fingerprint density at radius 3 is 2.79 bits per heavy atom. The first kappa shape index (κ1) is 19.2. The minimum Gasteiger partial charge on any atom is -0.275 e. The van der Waals surface area contributed by atoms with E-state index in [1.807, 2.05) is 35.7 Å². The molecule has 4 aromatic rings. The zero-order valence-electron chi connectivity index (χ0n) is 14.5. The molecular weight excluding hydrogens is 437 g/mol. The standard InChI is InChI=1S/C18H13Cl2N5OS2/c1-11(26)25(14-5-3-2-4-6-14)17-21-13(9-27-17)10-28-18-23-22-16-15(20)7-12(19)8-24(16)18/h2-9H,10H2,1H3. The van der Waals surface area contributed by atoms with E-state index in [0.29, 0.717) is 31.7 Å². The topological polar surface area (TPSA) is 63.4 Å². The van der Waals surface area contributed by atoms with Crippen LogP contribution in [0.4, 0.5) is 10.8 Å². The molecule has 0 fully saturated rings. The van der Waals surface area contributed by atoms with Crippen molar-refractivity contribution in [2.24, 2.45) is 0 Å². The van der Waals surface area contributed by atoms with Crippen LogP contribution in [0.25, 0.3) is 5.65 Å². The van der Waals surface area contributed by atoms with Crippen LogP contribution in [0.2, 0.25) is 10.0 Å². The average Bonchev–Trinajstić information content (AvgIpc) is 3.28. The van der Waals surface area contributed by atoms with Crippen LogP contribution in [0, 0.1) is 0 Å². The molecule has 28 heavy (non-hydrogen) atoms. The molecule has 0 radical (unpaired) electrons. The molecule has 0 saturated heterocycles. The van der Waals surface area contributed by atoms with Crippen LogP contribution >= 0.6 is 46.3 Å². The number of para-hydroxylation sites is 1. The Morgan fingerprint density at radius 2 is 2.04 bits per heavy atom. The monoisotopic (exact) mass is 449 g/mol. The van der Waals surface area contributed by atoms with Crippen LogP contribution in [-0.2, 0) is 10.5 Å². The van der Waals surface area contributed by atoms with Crippen molar-refractivity contribution in [2.45, 2.75) is 17.8 Å². The number of hydrogen-bond acceptors (Lipinski definition) is 6. The fourth-order valence-corrected chi connectivity index (χ4v) is 4.91.